The highest BCUT2D eigenvalue weighted by Gasteiger charge is 2.37. The van der Waals surface area contributed by atoms with Crippen molar-refractivity contribution in [1.29, 1.82) is 0 Å². The van der Waals surface area contributed by atoms with Gasteiger partial charge in [-0.15, -0.1) is 13.2 Å². The number of hydrogen-bond acceptors (Lipinski definition) is 7. The molecule has 0 spiro atoms. The van der Waals surface area contributed by atoms with E-state index >= 15 is 0 Å². The van der Waals surface area contributed by atoms with E-state index < -0.39 is 18.2 Å². The number of carbonyl (C=O) groups excluding carboxylic acids is 1. The Morgan fingerprint density at radius 1 is 1.17 bits per heavy atom. The minimum atomic E-state index is -4.87. The summed E-state index contributed by atoms with van der Waals surface area (Å²) < 4.78 is 54.9. The molecule has 0 radical (unpaired) electrons. The van der Waals surface area contributed by atoms with E-state index in [4.69, 9.17) is 9.26 Å². The summed E-state index contributed by atoms with van der Waals surface area (Å²) in [7, 11) is 1.51. The second-order valence-corrected chi connectivity index (χ2v) is 7.99. The van der Waals surface area contributed by atoms with Gasteiger partial charge in [-0.3, -0.25) is 4.79 Å². The van der Waals surface area contributed by atoms with Crippen LogP contribution < -0.4 is 9.47 Å². The number of ether oxygens (including phenoxy) is 2. The van der Waals surface area contributed by atoms with E-state index in [1.807, 2.05) is 0 Å². The maximum Gasteiger partial charge on any atom is 0.573 e. The zero-order chi connectivity index (χ0) is 25.3. The predicted octanol–water partition coefficient (Wildman–Crippen LogP) is 4.81. The van der Waals surface area contributed by atoms with E-state index in [9.17, 15) is 18.0 Å². The van der Waals surface area contributed by atoms with Crippen molar-refractivity contribution in [3.05, 3.63) is 72.4 Å². The third kappa shape index (κ3) is 4.61. The van der Waals surface area contributed by atoms with E-state index in [-0.39, 0.29) is 23.2 Å². The van der Waals surface area contributed by atoms with E-state index in [2.05, 4.69) is 20.0 Å². The first-order valence-corrected chi connectivity index (χ1v) is 11.0. The standard InChI is InChI=1S/C24H20F3N5O4/c1-34-15-9-10-18(32-13-5-11-28-32)17(14-15)23(33)31-12-4-7-19(31)22-29-21(30-36-22)16-6-2-3-8-20(16)35-24(25,26)27/h2-3,5-6,8-11,13-14,19H,4,7,12H2,1H3. The minimum absolute atomic E-state index is 0.0227. The highest BCUT2D eigenvalue weighted by molar-refractivity contribution is 5.98. The fourth-order valence-corrected chi connectivity index (χ4v) is 4.19. The molecule has 1 saturated heterocycles. The lowest BCUT2D eigenvalue weighted by Gasteiger charge is -2.23. The van der Waals surface area contributed by atoms with Gasteiger partial charge in [0.15, 0.2) is 0 Å². The highest BCUT2D eigenvalue weighted by atomic mass is 19.4. The number of aromatic nitrogens is 4. The fraction of sp³-hybridized carbons (Fsp3) is 0.250. The van der Waals surface area contributed by atoms with Gasteiger partial charge in [-0.2, -0.15) is 10.1 Å². The van der Waals surface area contributed by atoms with Crippen LogP contribution in [0, 0.1) is 0 Å². The number of para-hydroxylation sites is 1. The van der Waals surface area contributed by atoms with Crippen molar-refractivity contribution in [2.45, 2.75) is 25.2 Å². The summed E-state index contributed by atoms with van der Waals surface area (Å²) in [5, 5.41) is 8.10. The summed E-state index contributed by atoms with van der Waals surface area (Å²) in [4.78, 5) is 19.6. The Kier molecular flexibility index (Phi) is 6.08. The Morgan fingerprint density at radius 3 is 2.75 bits per heavy atom. The van der Waals surface area contributed by atoms with Gasteiger partial charge in [0, 0.05) is 18.9 Å². The maximum atomic E-state index is 13.7. The quantitative estimate of drug-likeness (QED) is 0.376. The van der Waals surface area contributed by atoms with Crippen LogP contribution in [0.25, 0.3) is 17.1 Å². The smallest absolute Gasteiger partial charge is 0.497 e. The molecule has 2 aromatic heterocycles. The van der Waals surface area contributed by atoms with Crippen LogP contribution in [0.2, 0.25) is 0 Å². The lowest BCUT2D eigenvalue weighted by Crippen LogP contribution is -2.31. The molecule has 1 aliphatic heterocycles. The normalized spacial score (nSPS) is 15.8. The van der Waals surface area contributed by atoms with Crippen LogP contribution in [-0.2, 0) is 0 Å². The van der Waals surface area contributed by atoms with Crippen LogP contribution in [0.4, 0.5) is 13.2 Å². The van der Waals surface area contributed by atoms with Crippen molar-refractivity contribution in [3.8, 4) is 28.6 Å². The van der Waals surface area contributed by atoms with Crippen LogP contribution in [0.5, 0.6) is 11.5 Å². The molecule has 0 aliphatic carbocycles. The Labute approximate surface area is 203 Å². The molecule has 12 heteroatoms. The largest absolute Gasteiger partial charge is 0.573 e. The molecule has 36 heavy (non-hydrogen) atoms. The molecule has 0 saturated carbocycles. The van der Waals surface area contributed by atoms with E-state index in [0.29, 0.717) is 36.4 Å². The lowest BCUT2D eigenvalue weighted by atomic mass is 10.1. The molecule has 1 unspecified atom stereocenters. The second kappa shape index (κ2) is 9.36. The van der Waals surface area contributed by atoms with Crippen molar-refractivity contribution < 1.29 is 32.0 Å². The monoisotopic (exact) mass is 499 g/mol. The average molecular weight is 499 g/mol. The lowest BCUT2D eigenvalue weighted by molar-refractivity contribution is -0.274. The first-order valence-electron chi connectivity index (χ1n) is 11.0. The van der Waals surface area contributed by atoms with Crippen molar-refractivity contribution in [1.82, 2.24) is 24.8 Å². The first kappa shape index (κ1) is 23.4. The molecule has 5 rings (SSSR count). The summed E-state index contributed by atoms with van der Waals surface area (Å²) in [6.07, 6.45) is -0.305. The van der Waals surface area contributed by atoms with Crippen LogP contribution in [-0.4, -0.2) is 50.7 Å². The molecule has 1 atom stereocenters. The van der Waals surface area contributed by atoms with E-state index in [1.165, 1.54) is 25.3 Å². The molecular formula is C24H20F3N5O4. The van der Waals surface area contributed by atoms with Gasteiger partial charge in [-0.25, -0.2) is 4.68 Å². The van der Waals surface area contributed by atoms with E-state index in [1.54, 1.807) is 52.3 Å². The number of alkyl halides is 3. The zero-order valence-electron chi connectivity index (χ0n) is 19.0. The second-order valence-electron chi connectivity index (χ2n) is 7.99. The Balaban J connectivity index is 1.46. The predicted molar refractivity (Wildman–Crippen MR) is 120 cm³/mol. The van der Waals surface area contributed by atoms with Gasteiger partial charge in [-0.1, -0.05) is 17.3 Å². The van der Waals surface area contributed by atoms with Crippen molar-refractivity contribution in [3.63, 3.8) is 0 Å². The van der Waals surface area contributed by atoms with Gasteiger partial charge in [0.1, 0.15) is 17.5 Å². The van der Waals surface area contributed by atoms with Crippen molar-refractivity contribution in [2.24, 2.45) is 0 Å². The minimum Gasteiger partial charge on any atom is -0.497 e. The highest BCUT2D eigenvalue weighted by Crippen LogP contribution is 2.37. The van der Waals surface area contributed by atoms with Crippen LogP contribution in [0.15, 0.2) is 65.4 Å². The van der Waals surface area contributed by atoms with Crippen molar-refractivity contribution >= 4 is 5.91 Å². The molecule has 2 aromatic carbocycles. The van der Waals surface area contributed by atoms with Gasteiger partial charge in [0.25, 0.3) is 5.91 Å². The van der Waals surface area contributed by atoms with Gasteiger partial charge >= 0.3 is 6.36 Å². The summed E-state index contributed by atoms with van der Waals surface area (Å²) in [6.45, 7) is 0.435. The molecule has 4 aromatic rings. The molecule has 3 heterocycles. The zero-order valence-corrected chi connectivity index (χ0v) is 19.0. The Hall–Kier alpha value is -4.35. The molecule has 1 fully saturated rings. The van der Waals surface area contributed by atoms with Gasteiger partial charge in [0.05, 0.1) is 23.9 Å². The third-order valence-electron chi connectivity index (χ3n) is 5.78. The summed E-state index contributed by atoms with van der Waals surface area (Å²) in [6, 6.07) is 11.8. The van der Waals surface area contributed by atoms with Crippen LogP contribution >= 0.6 is 0 Å². The molecule has 186 valence electrons. The first-order chi connectivity index (χ1) is 17.3. The molecule has 1 amide bonds. The average Bonchev–Trinajstić information content (AvgIpc) is 3.64. The van der Waals surface area contributed by atoms with E-state index in [0.717, 1.165) is 0 Å². The number of methoxy groups -OCH3 is 1. The summed E-state index contributed by atoms with van der Waals surface area (Å²) in [5.41, 5.74) is 0.962. The third-order valence-corrected chi connectivity index (χ3v) is 5.78. The molecule has 0 N–H and O–H groups in total. The summed E-state index contributed by atoms with van der Waals surface area (Å²) in [5.74, 6) is -0.172. The van der Waals surface area contributed by atoms with Crippen LogP contribution in [0.3, 0.4) is 0 Å². The Morgan fingerprint density at radius 2 is 2.00 bits per heavy atom. The number of carbonyl (C=O) groups is 1. The molecule has 9 nitrogen and oxygen atoms in total. The summed E-state index contributed by atoms with van der Waals surface area (Å²) >= 11 is 0. The Bertz CT molecular complexity index is 1370. The molecule has 1 aliphatic rings. The van der Waals surface area contributed by atoms with Crippen LogP contribution in [0.1, 0.15) is 35.1 Å². The number of nitrogens with zero attached hydrogens (tertiary/aromatic N) is 5. The van der Waals surface area contributed by atoms with Gasteiger partial charge in [-0.05, 0) is 49.2 Å². The number of halogens is 3. The fourth-order valence-electron chi connectivity index (χ4n) is 4.19. The molecule has 0 bridgehead atoms. The van der Waals surface area contributed by atoms with Gasteiger partial charge < -0.3 is 18.9 Å². The SMILES string of the molecule is COc1ccc(-n2cccn2)c(C(=O)N2CCCC2c2nc(-c3ccccc3OC(F)(F)F)no2)c1. The van der Waals surface area contributed by atoms with Crippen molar-refractivity contribution in [2.75, 3.05) is 13.7 Å². The number of amides is 1. The number of rotatable bonds is 6. The topological polar surface area (TPSA) is 95.5 Å². The van der Waals surface area contributed by atoms with Gasteiger partial charge in [0.2, 0.25) is 11.7 Å². The molecular weight excluding hydrogens is 479 g/mol. The maximum absolute atomic E-state index is 13.7. The number of benzene rings is 2. The number of likely N-dealkylation sites (tertiary alicyclic amines) is 1. The number of hydrogen-bond donors (Lipinski definition) is 0.